The van der Waals surface area contributed by atoms with Gasteiger partial charge in [0.1, 0.15) is 5.75 Å². The number of pyridine rings is 1. The molecule has 1 aromatic heterocycles. The van der Waals surface area contributed by atoms with E-state index in [-0.39, 0.29) is 0 Å². The third-order valence-electron chi connectivity index (χ3n) is 2.67. The lowest BCUT2D eigenvalue weighted by atomic mass is 9.98. The number of methoxy groups -OCH3 is 1. The molecule has 0 N–H and O–H groups in total. The maximum Gasteiger partial charge on any atom is 0.137 e. The molecule has 0 bridgehead atoms. The Morgan fingerprint density at radius 3 is 2.64 bits per heavy atom. The van der Waals surface area contributed by atoms with Gasteiger partial charge >= 0.3 is 0 Å². The van der Waals surface area contributed by atoms with Crippen molar-refractivity contribution in [2.75, 3.05) is 7.11 Å². The smallest absolute Gasteiger partial charge is 0.137 e. The first-order chi connectivity index (χ1) is 6.72. The van der Waals surface area contributed by atoms with Crippen LogP contribution in [0.5, 0.6) is 5.75 Å². The Bertz CT molecular complexity index is 296. The second kappa shape index (κ2) is 4.99. The van der Waals surface area contributed by atoms with Crippen LogP contribution in [-0.2, 0) is 6.42 Å². The molecule has 14 heavy (non-hydrogen) atoms. The number of hydrogen-bond acceptors (Lipinski definition) is 2. The van der Waals surface area contributed by atoms with Gasteiger partial charge in [0.25, 0.3) is 0 Å². The molecular formula is C12H19NO. The molecule has 1 atom stereocenters. The van der Waals surface area contributed by atoms with E-state index in [4.69, 9.17) is 4.74 Å². The minimum atomic E-state index is 0.538. The van der Waals surface area contributed by atoms with Crippen LogP contribution in [0.25, 0.3) is 0 Å². The summed E-state index contributed by atoms with van der Waals surface area (Å²) in [6.07, 6.45) is 3.96. The maximum absolute atomic E-state index is 5.16. The molecule has 0 saturated heterocycles. The second-order valence-corrected chi connectivity index (χ2v) is 3.58. The van der Waals surface area contributed by atoms with Crippen molar-refractivity contribution in [3.8, 4) is 5.75 Å². The van der Waals surface area contributed by atoms with Gasteiger partial charge in [0.15, 0.2) is 0 Å². The van der Waals surface area contributed by atoms with Crippen molar-refractivity contribution in [2.45, 2.75) is 39.5 Å². The highest BCUT2D eigenvalue weighted by atomic mass is 16.5. The summed E-state index contributed by atoms with van der Waals surface area (Å²) in [6, 6.07) is 2.09. The summed E-state index contributed by atoms with van der Waals surface area (Å²) >= 11 is 0. The van der Waals surface area contributed by atoms with Crippen LogP contribution in [0.2, 0.25) is 0 Å². The van der Waals surface area contributed by atoms with Gasteiger partial charge in [0, 0.05) is 5.69 Å². The first-order valence-electron chi connectivity index (χ1n) is 5.25. The fourth-order valence-corrected chi connectivity index (χ4v) is 1.53. The van der Waals surface area contributed by atoms with E-state index in [0.29, 0.717) is 5.92 Å². The molecule has 0 aliphatic carbocycles. The minimum Gasteiger partial charge on any atom is -0.495 e. The van der Waals surface area contributed by atoms with E-state index in [1.165, 1.54) is 11.3 Å². The predicted octanol–water partition coefficient (Wildman–Crippen LogP) is 3.17. The highest BCUT2D eigenvalue weighted by Gasteiger charge is 2.10. The summed E-state index contributed by atoms with van der Waals surface area (Å²) in [6.45, 7) is 6.56. The lowest BCUT2D eigenvalue weighted by Gasteiger charge is -2.13. The molecular weight excluding hydrogens is 174 g/mol. The zero-order valence-corrected chi connectivity index (χ0v) is 9.50. The SMILES string of the molecule is CCc1cc(OC)cnc1C(C)CC. The zero-order chi connectivity index (χ0) is 10.6. The van der Waals surface area contributed by atoms with E-state index in [1.807, 2.05) is 0 Å². The summed E-state index contributed by atoms with van der Waals surface area (Å²) < 4.78 is 5.16. The first kappa shape index (κ1) is 11.0. The molecule has 0 saturated carbocycles. The van der Waals surface area contributed by atoms with Crippen LogP contribution in [-0.4, -0.2) is 12.1 Å². The molecule has 2 heteroatoms. The van der Waals surface area contributed by atoms with Crippen molar-refractivity contribution >= 4 is 0 Å². The topological polar surface area (TPSA) is 22.1 Å². The van der Waals surface area contributed by atoms with Crippen LogP contribution in [0, 0.1) is 0 Å². The lowest BCUT2D eigenvalue weighted by Crippen LogP contribution is -2.01. The molecule has 1 heterocycles. The molecule has 1 rings (SSSR count). The number of nitrogens with zero attached hydrogens (tertiary/aromatic N) is 1. The average Bonchev–Trinajstić information content (AvgIpc) is 2.27. The quantitative estimate of drug-likeness (QED) is 0.732. The largest absolute Gasteiger partial charge is 0.495 e. The molecule has 0 aliphatic rings. The lowest BCUT2D eigenvalue weighted by molar-refractivity contribution is 0.411. The molecule has 0 aromatic carbocycles. The molecule has 78 valence electrons. The fraction of sp³-hybridized carbons (Fsp3) is 0.583. The predicted molar refractivity (Wildman–Crippen MR) is 58.9 cm³/mol. The highest BCUT2D eigenvalue weighted by Crippen LogP contribution is 2.23. The van der Waals surface area contributed by atoms with E-state index in [2.05, 4.69) is 31.8 Å². The molecule has 0 aliphatic heterocycles. The molecule has 1 unspecified atom stereocenters. The van der Waals surface area contributed by atoms with E-state index in [0.717, 1.165) is 18.6 Å². The van der Waals surface area contributed by atoms with Crippen LogP contribution < -0.4 is 4.74 Å². The number of ether oxygens (including phenoxy) is 1. The van der Waals surface area contributed by atoms with Gasteiger partial charge in [-0.05, 0) is 30.4 Å². The first-order valence-corrected chi connectivity index (χ1v) is 5.25. The van der Waals surface area contributed by atoms with Gasteiger partial charge in [0.2, 0.25) is 0 Å². The third kappa shape index (κ3) is 2.25. The van der Waals surface area contributed by atoms with Gasteiger partial charge in [-0.3, -0.25) is 4.98 Å². The number of aromatic nitrogens is 1. The normalized spacial score (nSPS) is 12.6. The Kier molecular flexibility index (Phi) is 3.93. The fourth-order valence-electron chi connectivity index (χ4n) is 1.53. The Hall–Kier alpha value is -1.05. The van der Waals surface area contributed by atoms with Gasteiger partial charge in [-0.25, -0.2) is 0 Å². The van der Waals surface area contributed by atoms with Crippen LogP contribution in [0.1, 0.15) is 44.4 Å². The standard InChI is InChI=1S/C12H19NO/c1-5-9(3)12-10(6-2)7-11(14-4)8-13-12/h7-9H,5-6H2,1-4H3. The number of rotatable bonds is 4. The van der Waals surface area contributed by atoms with Gasteiger partial charge in [0.05, 0.1) is 13.3 Å². The molecule has 0 fully saturated rings. The summed E-state index contributed by atoms with van der Waals surface area (Å²) in [5, 5.41) is 0. The van der Waals surface area contributed by atoms with Crippen LogP contribution in [0.4, 0.5) is 0 Å². The summed E-state index contributed by atoms with van der Waals surface area (Å²) in [7, 11) is 1.68. The van der Waals surface area contributed by atoms with Gasteiger partial charge in [-0.2, -0.15) is 0 Å². The van der Waals surface area contributed by atoms with Crippen molar-refractivity contribution in [1.82, 2.24) is 4.98 Å². The Labute approximate surface area is 86.3 Å². The molecule has 0 spiro atoms. The van der Waals surface area contributed by atoms with Crippen molar-refractivity contribution in [1.29, 1.82) is 0 Å². The molecule has 2 nitrogen and oxygen atoms in total. The van der Waals surface area contributed by atoms with Crippen LogP contribution in [0.15, 0.2) is 12.3 Å². The summed E-state index contributed by atoms with van der Waals surface area (Å²) in [5.41, 5.74) is 2.52. The van der Waals surface area contributed by atoms with E-state index in [9.17, 15) is 0 Å². The zero-order valence-electron chi connectivity index (χ0n) is 9.50. The Balaban J connectivity index is 3.04. The highest BCUT2D eigenvalue weighted by molar-refractivity contribution is 5.31. The summed E-state index contributed by atoms with van der Waals surface area (Å²) in [5.74, 6) is 1.39. The van der Waals surface area contributed by atoms with Gasteiger partial charge in [-0.1, -0.05) is 20.8 Å². The molecule has 0 radical (unpaired) electrons. The molecule has 0 amide bonds. The number of aryl methyl sites for hydroxylation is 1. The maximum atomic E-state index is 5.16. The van der Waals surface area contributed by atoms with Crippen LogP contribution >= 0.6 is 0 Å². The second-order valence-electron chi connectivity index (χ2n) is 3.58. The number of hydrogen-bond donors (Lipinski definition) is 0. The van der Waals surface area contributed by atoms with Gasteiger partial charge in [-0.15, -0.1) is 0 Å². The Morgan fingerprint density at radius 1 is 1.43 bits per heavy atom. The summed E-state index contributed by atoms with van der Waals surface area (Å²) in [4.78, 5) is 4.47. The van der Waals surface area contributed by atoms with Crippen molar-refractivity contribution in [2.24, 2.45) is 0 Å². The van der Waals surface area contributed by atoms with Crippen molar-refractivity contribution in [3.05, 3.63) is 23.5 Å². The van der Waals surface area contributed by atoms with Crippen molar-refractivity contribution < 1.29 is 4.74 Å². The minimum absolute atomic E-state index is 0.538. The van der Waals surface area contributed by atoms with Gasteiger partial charge < -0.3 is 4.74 Å². The Morgan fingerprint density at radius 2 is 2.14 bits per heavy atom. The molecule has 1 aromatic rings. The van der Waals surface area contributed by atoms with Crippen molar-refractivity contribution in [3.63, 3.8) is 0 Å². The monoisotopic (exact) mass is 193 g/mol. The average molecular weight is 193 g/mol. The van der Waals surface area contributed by atoms with E-state index < -0.39 is 0 Å². The van der Waals surface area contributed by atoms with E-state index in [1.54, 1.807) is 13.3 Å². The van der Waals surface area contributed by atoms with E-state index >= 15 is 0 Å². The van der Waals surface area contributed by atoms with Crippen LogP contribution in [0.3, 0.4) is 0 Å². The third-order valence-corrected chi connectivity index (χ3v) is 2.67.